The number of esters is 1. The van der Waals surface area contributed by atoms with E-state index >= 15 is 0 Å². The van der Waals surface area contributed by atoms with Crippen molar-refractivity contribution in [3.05, 3.63) is 38.8 Å². The number of aryl methyl sites for hydroxylation is 1. The topological polar surface area (TPSA) is 97.6 Å². The van der Waals surface area contributed by atoms with Crippen molar-refractivity contribution in [2.75, 3.05) is 6.54 Å². The fraction of sp³-hybridized carbons (Fsp3) is 0.522. The van der Waals surface area contributed by atoms with Crippen molar-refractivity contribution in [2.24, 2.45) is 7.05 Å². The number of pyridine rings is 1. The monoisotopic (exact) mass is 414 g/mol. The van der Waals surface area contributed by atoms with Gasteiger partial charge in [0.15, 0.2) is 0 Å². The van der Waals surface area contributed by atoms with Gasteiger partial charge in [-0.3, -0.25) is 9.59 Å². The summed E-state index contributed by atoms with van der Waals surface area (Å²) in [5, 5.41) is 12.7. The molecule has 0 saturated heterocycles. The van der Waals surface area contributed by atoms with Gasteiger partial charge < -0.3 is 19.7 Å². The highest BCUT2D eigenvalue weighted by Crippen LogP contribution is 2.35. The van der Waals surface area contributed by atoms with Gasteiger partial charge in [-0.2, -0.15) is 0 Å². The van der Waals surface area contributed by atoms with Crippen LogP contribution in [-0.4, -0.2) is 39.3 Å². The molecule has 7 heteroatoms. The number of ether oxygens (including phenoxy) is 1. The first-order valence-corrected chi connectivity index (χ1v) is 9.88. The maximum absolute atomic E-state index is 13.1. The summed E-state index contributed by atoms with van der Waals surface area (Å²) < 4.78 is 7.18. The molecular weight excluding hydrogens is 384 g/mol. The lowest BCUT2D eigenvalue weighted by molar-refractivity contribution is -0.149. The molecule has 162 valence electrons. The molecule has 1 amide bonds. The van der Waals surface area contributed by atoms with Gasteiger partial charge in [0.1, 0.15) is 11.2 Å². The van der Waals surface area contributed by atoms with Gasteiger partial charge in [0.2, 0.25) is 5.91 Å². The number of hydrogen-bond donors (Lipinski definition) is 2. The van der Waals surface area contributed by atoms with Crippen LogP contribution in [0.25, 0.3) is 5.57 Å². The molecule has 0 unspecified atom stereocenters. The first-order chi connectivity index (χ1) is 13.7. The Kier molecular flexibility index (Phi) is 6.63. The van der Waals surface area contributed by atoms with Crippen LogP contribution in [0.5, 0.6) is 0 Å². The Balaban J connectivity index is 2.43. The zero-order valence-electron chi connectivity index (χ0n) is 18.7. The van der Waals surface area contributed by atoms with Crippen molar-refractivity contribution < 1.29 is 19.4 Å². The summed E-state index contributed by atoms with van der Waals surface area (Å²) >= 11 is 0. The molecule has 30 heavy (non-hydrogen) atoms. The minimum absolute atomic E-state index is 0.147. The Labute approximate surface area is 177 Å². The van der Waals surface area contributed by atoms with Crippen LogP contribution in [0.15, 0.2) is 16.6 Å². The first kappa shape index (κ1) is 23.4. The molecule has 1 aliphatic carbocycles. The quantitative estimate of drug-likeness (QED) is 0.564. The normalized spacial score (nSPS) is 13.5. The van der Waals surface area contributed by atoms with Gasteiger partial charge in [-0.1, -0.05) is 17.4 Å². The van der Waals surface area contributed by atoms with E-state index in [4.69, 9.17) is 4.74 Å². The SMILES string of the molecule is CC(=O)NCCC(C)(C)OC(=O)C1=C(C)Cc2c1c(C#CC(C)(C)O)cn(C)c2=O. The van der Waals surface area contributed by atoms with Gasteiger partial charge >= 0.3 is 5.97 Å². The van der Waals surface area contributed by atoms with Crippen LogP contribution >= 0.6 is 0 Å². The minimum atomic E-state index is -1.22. The molecular formula is C23H30N2O5. The lowest BCUT2D eigenvalue weighted by atomic mass is 9.99. The lowest BCUT2D eigenvalue weighted by Crippen LogP contribution is -2.34. The van der Waals surface area contributed by atoms with E-state index < -0.39 is 17.2 Å². The number of amides is 1. The molecule has 1 heterocycles. The highest BCUT2D eigenvalue weighted by Gasteiger charge is 2.33. The van der Waals surface area contributed by atoms with Crippen molar-refractivity contribution in [1.82, 2.24) is 9.88 Å². The van der Waals surface area contributed by atoms with Gasteiger partial charge in [0, 0.05) is 56.2 Å². The molecule has 1 aromatic rings. The summed E-state index contributed by atoms with van der Waals surface area (Å²) in [4.78, 5) is 36.9. The molecule has 1 aliphatic rings. The predicted octanol–water partition coefficient (Wildman–Crippen LogP) is 1.69. The zero-order valence-corrected chi connectivity index (χ0v) is 18.7. The number of hydrogen-bond acceptors (Lipinski definition) is 5. The Morgan fingerprint density at radius 3 is 2.50 bits per heavy atom. The number of rotatable bonds is 5. The highest BCUT2D eigenvalue weighted by atomic mass is 16.6. The van der Waals surface area contributed by atoms with E-state index in [-0.39, 0.29) is 11.5 Å². The molecule has 2 N–H and O–H groups in total. The number of nitrogens with zero attached hydrogens (tertiary/aromatic N) is 1. The maximum atomic E-state index is 13.1. The van der Waals surface area contributed by atoms with E-state index in [2.05, 4.69) is 17.2 Å². The van der Waals surface area contributed by atoms with Crippen molar-refractivity contribution in [3.63, 3.8) is 0 Å². The largest absolute Gasteiger partial charge is 0.456 e. The summed E-state index contributed by atoms with van der Waals surface area (Å²) in [6, 6.07) is 0. The molecule has 0 saturated carbocycles. The second kappa shape index (κ2) is 8.49. The predicted molar refractivity (Wildman–Crippen MR) is 115 cm³/mol. The van der Waals surface area contributed by atoms with Crippen LogP contribution in [0, 0.1) is 11.8 Å². The fourth-order valence-electron chi connectivity index (χ4n) is 3.30. The van der Waals surface area contributed by atoms with Crippen molar-refractivity contribution >= 4 is 17.4 Å². The molecule has 0 atom stereocenters. The molecule has 0 radical (unpaired) electrons. The van der Waals surface area contributed by atoms with Gasteiger partial charge in [-0.15, -0.1) is 0 Å². The smallest absolute Gasteiger partial charge is 0.339 e. The third-order valence-electron chi connectivity index (χ3n) is 4.77. The van der Waals surface area contributed by atoms with E-state index in [0.717, 1.165) is 5.57 Å². The van der Waals surface area contributed by atoms with Gasteiger partial charge in [0.05, 0.1) is 5.57 Å². The standard InChI is InChI=1S/C23H30N2O5/c1-14-12-17-19(16(8-9-22(3,4)29)13-25(7)20(17)27)18(14)21(28)30-23(5,6)10-11-24-15(2)26/h13,29H,10-12H2,1-7H3,(H,24,26). The van der Waals surface area contributed by atoms with E-state index in [9.17, 15) is 19.5 Å². The number of carbonyl (C=O) groups excluding carboxylic acids is 2. The van der Waals surface area contributed by atoms with Crippen LogP contribution in [0.4, 0.5) is 0 Å². The van der Waals surface area contributed by atoms with Crippen LogP contribution in [0.1, 0.15) is 64.7 Å². The average molecular weight is 415 g/mol. The van der Waals surface area contributed by atoms with Crippen molar-refractivity contribution in [1.29, 1.82) is 0 Å². The average Bonchev–Trinajstić information content (AvgIpc) is 2.92. The van der Waals surface area contributed by atoms with Crippen LogP contribution in [0.3, 0.4) is 0 Å². The Hall–Kier alpha value is -2.85. The molecule has 0 spiro atoms. The summed E-state index contributed by atoms with van der Waals surface area (Å²) in [6.45, 7) is 10.3. The summed E-state index contributed by atoms with van der Waals surface area (Å²) in [5.74, 6) is 4.99. The van der Waals surface area contributed by atoms with Gasteiger partial charge in [-0.25, -0.2) is 4.79 Å². The molecule has 0 bridgehead atoms. The lowest BCUT2D eigenvalue weighted by Gasteiger charge is -2.26. The van der Waals surface area contributed by atoms with Crippen LogP contribution in [0.2, 0.25) is 0 Å². The molecule has 0 aromatic carbocycles. The Bertz CT molecular complexity index is 1030. The number of nitrogens with one attached hydrogen (secondary N) is 1. The molecule has 1 aromatic heterocycles. The van der Waals surface area contributed by atoms with Crippen LogP contribution in [-0.2, 0) is 27.8 Å². The first-order valence-electron chi connectivity index (χ1n) is 9.88. The van der Waals surface area contributed by atoms with Gasteiger partial charge in [-0.05, 0) is 34.6 Å². The molecule has 0 fully saturated rings. The third-order valence-corrected chi connectivity index (χ3v) is 4.77. The zero-order chi connectivity index (χ0) is 22.9. The summed E-state index contributed by atoms with van der Waals surface area (Å²) in [6.07, 6.45) is 2.37. The van der Waals surface area contributed by atoms with E-state index in [0.29, 0.717) is 41.6 Å². The number of aliphatic hydroxyl groups is 1. The second-order valence-electron chi connectivity index (χ2n) is 8.84. The minimum Gasteiger partial charge on any atom is -0.456 e. The highest BCUT2D eigenvalue weighted by molar-refractivity contribution is 6.20. The summed E-state index contributed by atoms with van der Waals surface area (Å²) in [5.41, 5.74) is 0.340. The van der Waals surface area contributed by atoms with E-state index in [1.807, 2.05) is 0 Å². The Morgan fingerprint density at radius 1 is 1.30 bits per heavy atom. The van der Waals surface area contributed by atoms with Crippen LogP contribution < -0.4 is 10.9 Å². The van der Waals surface area contributed by atoms with Gasteiger partial charge in [0.25, 0.3) is 5.56 Å². The second-order valence-corrected chi connectivity index (χ2v) is 8.84. The Morgan fingerprint density at radius 2 is 1.93 bits per heavy atom. The van der Waals surface area contributed by atoms with Crippen molar-refractivity contribution in [2.45, 2.75) is 65.6 Å². The van der Waals surface area contributed by atoms with E-state index in [1.165, 1.54) is 11.5 Å². The van der Waals surface area contributed by atoms with Crippen molar-refractivity contribution in [3.8, 4) is 11.8 Å². The molecule has 7 nitrogen and oxygen atoms in total. The maximum Gasteiger partial charge on any atom is 0.339 e. The number of fused-ring (bicyclic) bond motifs is 1. The number of aromatic nitrogens is 1. The molecule has 2 rings (SSSR count). The fourth-order valence-corrected chi connectivity index (χ4v) is 3.30. The number of allylic oxidation sites excluding steroid dienone is 1. The summed E-state index contributed by atoms with van der Waals surface area (Å²) in [7, 11) is 1.63. The van der Waals surface area contributed by atoms with E-state index in [1.54, 1.807) is 47.9 Å². The number of carbonyl (C=O) groups is 2. The third kappa shape index (κ3) is 5.61. The molecule has 0 aliphatic heterocycles.